The van der Waals surface area contributed by atoms with Crippen molar-refractivity contribution in [3.05, 3.63) is 35.9 Å². The lowest BCUT2D eigenvalue weighted by molar-refractivity contribution is -0.301. The molecule has 300 valence electrons. The van der Waals surface area contributed by atoms with Gasteiger partial charge < -0.3 is 48.7 Å². The molecule has 14 nitrogen and oxygen atoms in total. The molecule has 2 heterocycles. The van der Waals surface area contributed by atoms with Gasteiger partial charge >= 0.3 is 11.9 Å². The molecule has 2 saturated heterocycles. The normalized spacial score (nSPS) is 39.6. The van der Waals surface area contributed by atoms with E-state index in [0.717, 1.165) is 0 Å². The van der Waals surface area contributed by atoms with Crippen molar-refractivity contribution in [1.29, 1.82) is 0 Å². The zero-order chi connectivity index (χ0) is 40.0. The summed E-state index contributed by atoms with van der Waals surface area (Å²) in [6.07, 6.45) is -7.12. The van der Waals surface area contributed by atoms with Gasteiger partial charge in [0.25, 0.3) is 0 Å². The van der Waals surface area contributed by atoms with Crippen molar-refractivity contribution in [3.63, 3.8) is 0 Å². The van der Waals surface area contributed by atoms with Gasteiger partial charge in [0.15, 0.2) is 12.0 Å². The fraction of sp³-hybridized carbons (Fsp3) is 0.744. The molecule has 2 aliphatic heterocycles. The molecule has 0 unspecified atom stereocenters. The Morgan fingerprint density at radius 2 is 1.64 bits per heavy atom. The second kappa shape index (κ2) is 18.6. The average molecular weight is 751 g/mol. The van der Waals surface area contributed by atoms with Gasteiger partial charge in [-0.1, -0.05) is 63.2 Å². The molecule has 0 aliphatic carbocycles. The smallest absolute Gasteiger partial charge is 0.361 e. The number of nitrogens with zero attached hydrogens (tertiary/aromatic N) is 2. The van der Waals surface area contributed by atoms with Crippen LogP contribution >= 0.6 is 0 Å². The van der Waals surface area contributed by atoms with E-state index in [2.05, 4.69) is 5.16 Å². The van der Waals surface area contributed by atoms with Crippen molar-refractivity contribution < 1.29 is 58.2 Å². The highest BCUT2D eigenvalue weighted by Gasteiger charge is 2.53. The third-order valence-corrected chi connectivity index (χ3v) is 11.2. The second-order valence-corrected chi connectivity index (χ2v) is 15.5. The van der Waals surface area contributed by atoms with E-state index in [1.54, 1.807) is 58.0 Å². The maximum Gasteiger partial charge on any atom is 0.361 e. The Hall–Kier alpha value is -2.98. The third-order valence-electron chi connectivity index (χ3n) is 11.2. The molecule has 0 spiro atoms. The Balaban J connectivity index is 2.26. The lowest BCUT2D eigenvalue weighted by Gasteiger charge is -2.48. The predicted octanol–water partition coefficient (Wildman–Crippen LogP) is 3.12. The quantitative estimate of drug-likeness (QED) is 0.190. The van der Waals surface area contributed by atoms with Crippen LogP contribution < -0.4 is 0 Å². The van der Waals surface area contributed by atoms with Crippen LogP contribution in [-0.2, 0) is 42.9 Å². The minimum atomic E-state index is -2.02. The van der Waals surface area contributed by atoms with Crippen molar-refractivity contribution in [2.24, 2.45) is 28.8 Å². The molecule has 53 heavy (non-hydrogen) atoms. The number of oxime groups is 1. The Labute approximate surface area is 314 Å². The number of benzene rings is 1. The third kappa shape index (κ3) is 10.0. The van der Waals surface area contributed by atoms with Gasteiger partial charge in [0, 0.05) is 36.5 Å². The van der Waals surface area contributed by atoms with Crippen LogP contribution in [0.25, 0.3) is 0 Å². The molecule has 14 heteroatoms. The molecular weight excluding hydrogens is 688 g/mol. The fourth-order valence-electron chi connectivity index (χ4n) is 7.86. The van der Waals surface area contributed by atoms with Crippen molar-refractivity contribution in [2.45, 2.75) is 135 Å². The number of likely N-dealkylation sites (N-methyl/N-ethyl adjacent to an activating group) is 1. The maximum atomic E-state index is 14.1. The number of esters is 2. The van der Waals surface area contributed by atoms with Crippen molar-refractivity contribution in [1.82, 2.24) is 4.90 Å². The SMILES string of the molecule is CC[C@H]1OC(=O)[C@H](C)[C@H](OC(=O)/C(=N/OC)c2ccccc2)[C@H](C)[C@@H](O[C@@H]2O[C@H](C)C[C@H](N(C)C)[C@H]2O)[C@@](C)(OC)C[C@@H](C)C(=O)[C@H](C)[C@@H](O)[C@]1(C)O. The van der Waals surface area contributed by atoms with Crippen LogP contribution in [-0.4, -0.2) is 132 Å². The van der Waals surface area contributed by atoms with Crippen LogP contribution in [0.3, 0.4) is 0 Å². The van der Waals surface area contributed by atoms with Crippen LogP contribution in [0.2, 0.25) is 0 Å². The number of methoxy groups -OCH3 is 1. The van der Waals surface area contributed by atoms with Crippen LogP contribution in [0.4, 0.5) is 0 Å². The number of rotatable bonds is 9. The summed E-state index contributed by atoms with van der Waals surface area (Å²) in [5.41, 5.74) is -3.12. The van der Waals surface area contributed by atoms with Gasteiger partial charge in [-0.15, -0.1) is 0 Å². The Kier molecular flexibility index (Phi) is 15.6. The van der Waals surface area contributed by atoms with Crippen LogP contribution in [0.5, 0.6) is 0 Å². The molecule has 1 aromatic rings. The second-order valence-electron chi connectivity index (χ2n) is 15.5. The highest BCUT2D eigenvalue weighted by Crippen LogP contribution is 2.40. The summed E-state index contributed by atoms with van der Waals surface area (Å²) < 4.78 is 31.2. The van der Waals surface area contributed by atoms with E-state index in [4.69, 9.17) is 28.5 Å². The minimum Gasteiger partial charge on any atom is -0.459 e. The molecule has 2 fully saturated rings. The zero-order valence-electron chi connectivity index (χ0n) is 33.3. The van der Waals surface area contributed by atoms with Crippen molar-refractivity contribution in [2.75, 3.05) is 28.3 Å². The summed E-state index contributed by atoms with van der Waals surface area (Å²) in [5, 5.41) is 38.5. The molecular formula is C39H62N2O12. The van der Waals surface area contributed by atoms with E-state index >= 15 is 0 Å². The summed E-state index contributed by atoms with van der Waals surface area (Å²) in [7, 11) is 6.45. The Morgan fingerprint density at radius 3 is 2.19 bits per heavy atom. The summed E-state index contributed by atoms with van der Waals surface area (Å²) >= 11 is 0. The summed E-state index contributed by atoms with van der Waals surface area (Å²) in [6.45, 7) is 13.1. The highest BCUT2D eigenvalue weighted by molar-refractivity contribution is 6.43. The van der Waals surface area contributed by atoms with Crippen LogP contribution in [0, 0.1) is 23.7 Å². The van der Waals surface area contributed by atoms with Gasteiger partial charge in [0.2, 0.25) is 0 Å². The molecule has 2 aliphatic rings. The average Bonchev–Trinajstić information content (AvgIpc) is 3.12. The number of cyclic esters (lactones) is 1. The van der Waals surface area contributed by atoms with Crippen molar-refractivity contribution >= 4 is 23.4 Å². The van der Waals surface area contributed by atoms with Gasteiger partial charge in [0.1, 0.15) is 36.8 Å². The standard InChI is InChI=1S/C39H62N2O12/c1-13-28-39(8,47)33(44)23(4)30(42)21(2)20-38(7,48-11)34(53-37-31(43)27(41(9)10)19-22(3)50-37)24(5)32(25(6)35(45)51-28)52-36(46)29(40-49-12)26-17-15-14-16-18-26/h14-18,21-25,27-28,31-34,37,43-44,47H,13,19-20H2,1-12H3/b40-29+/t21-,22-,23+,24+,25-,27+,28-,31-,32-,33-,34-,37+,38+,39-/m1/s1. The first-order valence-corrected chi connectivity index (χ1v) is 18.5. The maximum absolute atomic E-state index is 14.1. The Bertz CT molecular complexity index is 1410. The van der Waals surface area contributed by atoms with Crippen LogP contribution in [0.1, 0.15) is 80.2 Å². The summed E-state index contributed by atoms with van der Waals surface area (Å²) in [4.78, 5) is 49.1. The topological polar surface area (TPSA) is 183 Å². The van der Waals surface area contributed by atoms with E-state index in [9.17, 15) is 29.7 Å². The zero-order valence-corrected chi connectivity index (χ0v) is 33.3. The van der Waals surface area contributed by atoms with Gasteiger partial charge in [-0.05, 0) is 61.1 Å². The molecule has 14 atom stereocenters. The number of carbonyl (C=O) groups excluding carboxylic acids is 3. The highest BCUT2D eigenvalue weighted by atomic mass is 16.7. The lowest BCUT2D eigenvalue weighted by atomic mass is 9.74. The van der Waals surface area contributed by atoms with Crippen LogP contribution in [0.15, 0.2) is 35.5 Å². The van der Waals surface area contributed by atoms with Gasteiger partial charge in [-0.3, -0.25) is 9.59 Å². The minimum absolute atomic E-state index is 0.0448. The summed E-state index contributed by atoms with van der Waals surface area (Å²) in [6, 6.07) is 8.20. The number of Topliss-reactive ketones (excluding diaryl/α,β-unsaturated/α-hetero) is 1. The van der Waals surface area contributed by atoms with Crippen molar-refractivity contribution in [3.8, 4) is 0 Å². The van der Waals surface area contributed by atoms with Gasteiger partial charge in [0.05, 0.1) is 29.8 Å². The molecule has 0 saturated carbocycles. The number of hydrogen-bond acceptors (Lipinski definition) is 14. The molecule has 0 amide bonds. The van der Waals surface area contributed by atoms with E-state index in [1.807, 2.05) is 25.9 Å². The molecule has 0 bridgehead atoms. The van der Waals surface area contributed by atoms with Gasteiger partial charge in [-0.25, -0.2) is 4.79 Å². The predicted molar refractivity (Wildman–Crippen MR) is 196 cm³/mol. The molecule has 0 radical (unpaired) electrons. The Morgan fingerprint density at radius 1 is 1.02 bits per heavy atom. The molecule has 3 rings (SSSR count). The van der Waals surface area contributed by atoms with E-state index < -0.39 is 83.6 Å². The summed E-state index contributed by atoms with van der Waals surface area (Å²) in [5.74, 6) is -5.99. The van der Waals surface area contributed by atoms with E-state index in [1.165, 1.54) is 35.0 Å². The van der Waals surface area contributed by atoms with E-state index in [-0.39, 0.29) is 36.5 Å². The van der Waals surface area contributed by atoms with E-state index in [0.29, 0.717) is 12.0 Å². The number of aliphatic hydroxyl groups is 3. The molecule has 1 aromatic carbocycles. The largest absolute Gasteiger partial charge is 0.459 e. The molecule has 0 aromatic heterocycles. The first-order valence-electron chi connectivity index (χ1n) is 18.5. The number of hydrogen-bond donors (Lipinski definition) is 3. The number of ketones is 1. The first-order chi connectivity index (χ1) is 24.7. The monoisotopic (exact) mass is 750 g/mol. The number of carbonyl (C=O) groups is 3. The first kappa shape index (κ1) is 44.4. The molecule has 3 N–H and O–H groups in total. The fourth-order valence-corrected chi connectivity index (χ4v) is 7.86. The number of aliphatic hydroxyl groups excluding tert-OH is 2. The van der Waals surface area contributed by atoms with Gasteiger partial charge in [-0.2, -0.15) is 0 Å². The lowest BCUT2D eigenvalue weighted by Crippen LogP contribution is -2.60. The number of ether oxygens (including phenoxy) is 5.